The van der Waals surface area contributed by atoms with Crippen LogP contribution in [-0.4, -0.2) is 5.38 Å². The van der Waals surface area contributed by atoms with Crippen LogP contribution in [0.15, 0.2) is 24.3 Å². The molecule has 0 amide bonds. The molecule has 0 nitrogen and oxygen atoms in total. The lowest BCUT2D eigenvalue weighted by atomic mass is 9.92. The third-order valence-electron chi connectivity index (χ3n) is 3.85. The van der Waals surface area contributed by atoms with Gasteiger partial charge in [-0.3, -0.25) is 0 Å². The van der Waals surface area contributed by atoms with Gasteiger partial charge in [0.05, 0.1) is 5.56 Å². The van der Waals surface area contributed by atoms with Crippen LogP contribution in [0.1, 0.15) is 43.2 Å². The summed E-state index contributed by atoms with van der Waals surface area (Å²) in [4.78, 5) is 0. The number of alkyl halides is 4. The third kappa shape index (κ3) is 4.13. The van der Waals surface area contributed by atoms with Crippen molar-refractivity contribution < 1.29 is 13.2 Å². The molecule has 106 valence electrons. The molecule has 1 aromatic carbocycles. The summed E-state index contributed by atoms with van der Waals surface area (Å²) in [5.41, 5.74) is 0.366. The van der Waals surface area contributed by atoms with Gasteiger partial charge in [0.1, 0.15) is 0 Å². The molecule has 1 aliphatic carbocycles. The number of rotatable bonds is 2. The molecule has 2 rings (SSSR count). The van der Waals surface area contributed by atoms with Crippen LogP contribution in [0.2, 0.25) is 0 Å². The van der Waals surface area contributed by atoms with Gasteiger partial charge in [-0.15, -0.1) is 11.6 Å². The smallest absolute Gasteiger partial charge is 0.166 e. The summed E-state index contributed by atoms with van der Waals surface area (Å²) in [5, 5.41) is 0.157. The number of benzene rings is 1. The fourth-order valence-corrected chi connectivity index (χ4v) is 3.07. The Labute approximate surface area is 117 Å². The first-order valence-electron chi connectivity index (χ1n) is 6.77. The molecule has 0 N–H and O–H groups in total. The predicted molar refractivity (Wildman–Crippen MR) is 71.4 cm³/mol. The van der Waals surface area contributed by atoms with Crippen LogP contribution in [0, 0.1) is 5.92 Å². The summed E-state index contributed by atoms with van der Waals surface area (Å²) in [6.07, 6.45) is 2.18. The average molecular weight is 291 g/mol. The third-order valence-corrected chi connectivity index (χ3v) is 4.42. The Balaban J connectivity index is 2.02. The van der Waals surface area contributed by atoms with Gasteiger partial charge in [-0.2, -0.15) is 13.2 Å². The molecule has 2 atom stereocenters. The monoisotopic (exact) mass is 290 g/mol. The lowest BCUT2D eigenvalue weighted by molar-refractivity contribution is -0.137. The Bertz CT molecular complexity index is 397. The second-order valence-corrected chi connectivity index (χ2v) is 5.87. The summed E-state index contributed by atoms with van der Waals surface area (Å²) in [6.45, 7) is 0. The molecular formula is C15H18ClF3. The van der Waals surface area contributed by atoms with Crippen LogP contribution < -0.4 is 0 Å². The summed E-state index contributed by atoms with van der Waals surface area (Å²) < 4.78 is 37.4. The molecule has 4 heteroatoms. The Hall–Kier alpha value is -0.700. The molecular weight excluding hydrogens is 273 g/mol. The number of hydrogen-bond donors (Lipinski definition) is 0. The Morgan fingerprint density at radius 1 is 1.00 bits per heavy atom. The quantitative estimate of drug-likeness (QED) is 0.503. The molecule has 0 saturated heterocycles. The fraction of sp³-hybridized carbons (Fsp3) is 0.600. The molecule has 19 heavy (non-hydrogen) atoms. The van der Waals surface area contributed by atoms with Crippen molar-refractivity contribution in [3.8, 4) is 0 Å². The zero-order valence-electron chi connectivity index (χ0n) is 10.7. The molecule has 2 unspecified atom stereocenters. The van der Waals surface area contributed by atoms with Crippen molar-refractivity contribution in [3.05, 3.63) is 35.4 Å². The Morgan fingerprint density at radius 3 is 2.26 bits per heavy atom. The molecule has 1 aromatic rings. The summed E-state index contributed by atoms with van der Waals surface area (Å²) in [7, 11) is 0. The molecule has 0 heterocycles. The molecule has 0 bridgehead atoms. The van der Waals surface area contributed by atoms with E-state index < -0.39 is 11.7 Å². The van der Waals surface area contributed by atoms with Crippen LogP contribution in [0.5, 0.6) is 0 Å². The lowest BCUT2D eigenvalue weighted by Gasteiger charge is -2.19. The van der Waals surface area contributed by atoms with E-state index in [0.29, 0.717) is 5.92 Å². The van der Waals surface area contributed by atoms with Gasteiger partial charge < -0.3 is 0 Å². The fourth-order valence-electron chi connectivity index (χ4n) is 2.70. The van der Waals surface area contributed by atoms with Gasteiger partial charge in [-0.05, 0) is 42.9 Å². The molecule has 0 aliphatic heterocycles. The van der Waals surface area contributed by atoms with Crippen LogP contribution in [0.25, 0.3) is 0 Å². The van der Waals surface area contributed by atoms with E-state index in [1.54, 1.807) is 12.1 Å². The van der Waals surface area contributed by atoms with E-state index in [0.717, 1.165) is 43.4 Å². The summed E-state index contributed by atoms with van der Waals surface area (Å²) in [6, 6.07) is 5.49. The summed E-state index contributed by atoms with van der Waals surface area (Å²) >= 11 is 6.36. The maximum absolute atomic E-state index is 12.5. The van der Waals surface area contributed by atoms with E-state index in [1.807, 2.05) is 0 Å². The second kappa shape index (κ2) is 6.17. The van der Waals surface area contributed by atoms with E-state index in [1.165, 1.54) is 12.8 Å². The van der Waals surface area contributed by atoms with Gasteiger partial charge >= 0.3 is 6.18 Å². The first-order valence-corrected chi connectivity index (χ1v) is 7.20. The first-order chi connectivity index (χ1) is 8.97. The van der Waals surface area contributed by atoms with Gasteiger partial charge in [0.2, 0.25) is 0 Å². The number of hydrogen-bond acceptors (Lipinski definition) is 0. The van der Waals surface area contributed by atoms with Gasteiger partial charge in [0.15, 0.2) is 0 Å². The van der Waals surface area contributed by atoms with Crippen molar-refractivity contribution in [2.75, 3.05) is 0 Å². The minimum atomic E-state index is -4.25. The van der Waals surface area contributed by atoms with E-state index in [4.69, 9.17) is 11.6 Å². The summed E-state index contributed by atoms with van der Waals surface area (Å²) in [5.74, 6) is 0.390. The van der Waals surface area contributed by atoms with Gasteiger partial charge in [0.25, 0.3) is 0 Å². The molecule has 1 aliphatic rings. The highest BCUT2D eigenvalue weighted by Crippen LogP contribution is 2.32. The topological polar surface area (TPSA) is 0 Å². The predicted octanol–water partition coefficient (Wildman–Crippen LogP) is 5.44. The van der Waals surface area contributed by atoms with Crippen LogP contribution in [0.3, 0.4) is 0 Å². The maximum Gasteiger partial charge on any atom is 0.416 e. The van der Waals surface area contributed by atoms with Crippen molar-refractivity contribution in [2.24, 2.45) is 5.92 Å². The van der Waals surface area contributed by atoms with Gasteiger partial charge in [-0.1, -0.05) is 31.4 Å². The van der Waals surface area contributed by atoms with E-state index in [2.05, 4.69) is 0 Å². The van der Waals surface area contributed by atoms with Crippen LogP contribution in [-0.2, 0) is 12.6 Å². The minimum Gasteiger partial charge on any atom is -0.166 e. The highest BCUT2D eigenvalue weighted by molar-refractivity contribution is 6.20. The Morgan fingerprint density at radius 2 is 1.63 bits per heavy atom. The van der Waals surface area contributed by atoms with E-state index >= 15 is 0 Å². The van der Waals surface area contributed by atoms with E-state index in [-0.39, 0.29) is 5.38 Å². The SMILES string of the molecule is FC(F)(F)c1ccc(CC2CCCCCC2Cl)cc1. The maximum atomic E-state index is 12.5. The van der Waals surface area contributed by atoms with Crippen molar-refractivity contribution >= 4 is 11.6 Å². The minimum absolute atomic E-state index is 0.157. The molecule has 1 fully saturated rings. The second-order valence-electron chi connectivity index (χ2n) is 5.31. The molecule has 0 radical (unpaired) electrons. The lowest BCUT2D eigenvalue weighted by Crippen LogP contribution is -2.16. The molecule has 0 spiro atoms. The van der Waals surface area contributed by atoms with Crippen LogP contribution in [0.4, 0.5) is 13.2 Å². The van der Waals surface area contributed by atoms with Crippen LogP contribution >= 0.6 is 11.6 Å². The standard InChI is InChI=1S/C15H18ClF3/c16-14-5-3-1-2-4-12(14)10-11-6-8-13(9-7-11)15(17,18)19/h6-9,12,14H,1-5,10H2. The molecule has 1 saturated carbocycles. The number of halogens is 4. The van der Waals surface area contributed by atoms with Crippen molar-refractivity contribution in [1.29, 1.82) is 0 Å². The van der Waals surface area contributed by atoms with Gasteiger partial charge in [-0.25, -0.2) is 0 Å². The Kier molecular flexibility index (Phi) is 4.77. The highest BCUT2D eigenvalue weighted by Gasteiger charge is 2.30. The first kappa shape index (κ1) is 14.7. The van der Waals surface area contributed by atoms with Gasteiger partial charge in [0, 0.05) is 5.38 Å². The normalized spacial score (nSPS) is 25.1. The zero-order chi connectivity index (χ0) is 13.9. The zero-order valence-corrected chi connectivity index (χ0v) is 11.5. The van der Waals surface area contributed by atoms with E-state index in [9.17, 15) is 13.2 Å². The largest absolute Gasteiger partial charge is 0.416 e. The van der Waals surface area contributed by atoms with Crippen molar-refractivity contribution in [2.45, 2.75) is 50.1 Å². The van der Waals surface area contributed by atoms with Crippen molar-refractivity contribution in [3.63, 3.8) is 0 Å². The highest BCUT2D eigenvalue weighted by atomic mass is 35.5. The van der Waals surface area contributed by atoms with Crippen molar-refractivity contribution in [1.82, 2.24) is 0 Å². The average Bonchev–Trinajstić information content (AvgIpc) is 2.55. The molecule has 0 aromatic heterocycles.